The molecule has 1 amide bonds. The van der Waals surface area contributed by atoms with E-state index in [2.05, 4.69) is 15.6 Å². The molecule has 0 saturated carbocycles. The summed E-state index contributed by atoms with van der Waals surface area (Å²) in [6.07, 6.45) is 3.39. The summed E-state index contributed by atoms with van der Waals surface area (Å²) in [4.78, 5) is 16.6. The topological polar surface area (TPSA) is 74.2 Å². The van der Waals surface area contributed by atoms with Crippen LogP contribution in [0.1, 0.15) is 27.6 Å². The second-order valence-electron chi connectivity index (χ2n) is 6.23. The number of amides is 1. The Hall–Kier alpha value is -2.44. The highest BCUT2D eigenvalue weighted by molar-refractivity contribution is 6.05. The number of aliphatic hydroxyl groups excluding tert-OH is 1. The largest absolute Gasteiger partial charge is 0.387 e. The third-order valence-corrected chi connectivity index (χ3v) is 4.28. The maximum atomic E-state index is 12.5. The summed E-state index contributed by atoms with van der Waals surface area (Å²) in [5, 5.41) is 16.3. The minimum Gasteiger partial charge on any atom is -0.387 e. The first-order chi connectivity index (χ1) is 13.2. The molecule has 3 rings (SSSR count). The van der Waals surface area contributed by atoms with E-state index >= 15 is 0 Å². The molecular weight excluding hydrogens is 409 g/mol. The first-order valence-electron chi connectivity index (χ1n) is 8.97. The van der Waals surface area contributed by atoms with E-state index in [9.17, 15) is 9.90 Å². The van der Waals surface area contributed by atoms with Crippen molar-refractivity contribution in [2.24, 2.45) is 0 Å². The lowest BCUT2D eigenvalue weighted by Gasteiger charge is -2.13. The van der Waals surface area contributed by atoms with E-state index in [1.807, 2.05) is 66.7 Å². The van der Waals surface area contributed by atoms with Gasteiger partial charge in [0.05, 0.1) is 11.7 Å². The minimum atomic E-state index is -0.551. The van der Waals surface area contributed by atoms with E-state index < -0.39 is 6.10 Å². The number of para-hydroxylation sites is 1. The van der Waals surface area contributed by atoms with Gasteiger partial charge >= 0.3 is 0 Å². The van der Waals surface area contributed by atoms with E-state index in [0.717, 1.165) is 16.8 Å². The van der Waals surface area contributed by atoms with E-state index in [0.29, 0.717) is 25.1 Å². The van der Waals surface area contributed by atoms with Crippen LogP contribution in [0.15, 0.2) is 79.1 Å². The molecule has 1 aromatic heterocycles. The normalized spacial score (nSPS) is 10.9. The number of aliphatic hydroxyl groups is 1. The highest BCUT2D eigenvalue weighted by Crippen LogP contribution is 2.13. The molecule has 0 aliphatic carbocycles. The zero-order valence-corrected chi connectivity index (χ0v) is 17.5. The van der Waals surface area contributed by atoms with Gasteiger partial charge in [-0.05, 0) is 42.3 Å². The van der Waals surface area contributed by atoms with Gasteiger partial charge < -0.3 is 15.7 Å². The van der Waals surface area contributed by atoms with Crippen molar-refractivity contribution < 1.29 is 9.90 Å². The van der Waals surface area contributed by atoms with Crippen molar-refractivity contribution in [2.75, 3.05) is 18.4 Å². The quantitative estimate of drug-likeness (QED) is 0.468. The molecule has 0 radical (unpaired) electrons. The van der Waals surface area contributed by atoms with Crippen LogP contribution in [0.4, 0.5) is 5.69 Å². The van der Waals surface area contributed by atoms with Gasteiger partial charge in [0.1, 0.15) is 0 Å². The Bertz CT molecular complexity index is 864. The number of nitrogens with one attached hydrogen (secondary N) is 2. The molecule has 0 bridgehead atoms. The summed E-state index contributed by atoms with van der Waals surface area (Å²) >= 11 is 0. The molecular formula is C22H25Cl2N3O2. The van der Waals surface area contributed by atoms with Gasteiger partial charge in [-0.2, -0.15) is 0 Å². The fourth-order valence-electron chi connectivity index (χ4n) is 2.82. The van der Waals surface area contributed by atoms with Gasteiger partial charge in [0.2, 0.25) is 0 Å². The molecule has 0 aliphatic heterocycles. The van der Waals surface area contributed by atoms with Crippen molar-refractivity contribution in [2.45, 2.75) is 12.5 Å². The predicted octanol–water partition coefficient (Wildman–Crippen LogP) is 4.04. The van der Waals surface area contributed by atoms with Crippen LogP contribution in [0.25, 0.3) is 0 Å². The van der Waals surface area contributed by atoms with Crippen LogP contribution in [0, 0.1) is 0 Å². The average Bonchev–Trinajstić information content (AvgIpc) is 2.72. The number of pyridine rings is 1. The summed E-state index contributed by atoms with van der Waals surface area (Å²) in [5.41, 5.74) is 3.12. The Labute approximate surface area is 183 Å². The van der Waals surface area contributed by atoms with Crippen LogP contribution in [-0.4, -0.2) is 29.1 Å². The summed E-state index contributed by atoms with van der Waals surface area (Å²) in [5.74, 6) is -0.173. The lowest BCUT2D eigenvalue weighted by atomic mass is 10.1. The third kappa shape index (κ3) is 7.48. The zero-order chi connectivity index (χ0) is 18.9. The number of rotatable bonds is 8. The second kappa shape index (κ2) is 12.9. The molecule has 0 fully saturated rings. The number of carbonyl (C=O) groups is 1. The molecule has 3 aromatic rings. The molecule has 1 atom stereocenters. The molecule has 0 aliphatic rings. The molecule has 0 saturated heterocycles. The van der Waals surface area contributed by atoms with Gasteiger partial charge in [0, 0.05) is 24.6 Å². The van der Waals surface area contributed by atoms with Gasteiger partial charge in [0.15, 0.2) is 0 Å². The molecule has 154 valence electrons. The lowest BCUT2D eigenvalue weighted by Crippen LogP contribution is -2.24. The van der Waals surface area contributed by atoms with Gasteiger partial charge in [-0.25, -0.2) is 0 Å². The molecule has 3 N–H and O–H groups in total. The summed E-state index contributed by atoms with van der Waals surface area (Å²) in [7, 11) is 0. The smallest absolute Gasteiger partial charge is 0.257 e. The number of nitrogens with zero attached hydrogens (tertiary/aromatic N) is 1. The van der Waals surface area contributed by atoms with Crippen LogP contribution in [0.2, 0.25) is 0 Å². The van der Waals surface area contributed by atoms with Gasteiger partial charge in [-0.15, -0.1) is 24.8 Å². The molecule has 2 aromatic carbocycles. The SMILES string of the molecule is Cl.Cl.O=C(Nc1ccccc1)c1cnccc1CCNC[C@H](O)c1ccccc1. The monoisotopic (exact) mass is 433 g/mol. The molecule has 7 heteroatoms. The molecule has 0 unspecified atom stereocenters. The maximum Gasteiger partial charge on any atom is 0.257 e. The summed E-state index contributed by atoms with van der Waals surface area (Å²) < 4.78 is 0. The van der Waals surface area contributed by atoms with Crippen molar-refractivity contribution in [1.82, 2.24) is 10.3 Å². The van der Waals surface area contributed by atoms with Crippen molar-refractivity contribution >= 4 is 36.4 Å². The highest BCUT2D eigenvalue weighted by atomic mass is 35.5. The van der Waals surface area contributed by atoms with Gasteiger partial charge in [-0.1, -0.05) is 48.5 Å². The van der Waals surface area contributed by atoms with Crippen LogP contribution in [0.5, 0.6) is 0 Å². The highest BCUT2D eigenvalue weighted by Gasteiger charge is 2.12. The Morgan fingerprint density at radius 1 is 0.966 bits per heavy atom. The fraction of sp³-hybridized carbons (Fsp3) is 0.182. The van der Waals surface area contributed by atoms with Crippen LogP contribution in [0.3, 0.4) is 0 Å². The summed E-state index contributed by atoms with van der Waals surface area (Å²) in [6.45, 7) is 1.11. The Balaban J connectivity index is 0.00000210. The van der Waals surface area contributed by atoms with Crippen molar-refractivity contribution in [3.8, 4) is 0 Å². The average molecular weight is 434 g/mol. The van der Waals surface area contributed by atoms with Crippen molar-refractivity contribution in [1.29, 1.82) is 0 Å². The first-order valence-corrected chi connectivity index (χ1v) is 8.97. The van der Waals surface area contributed by atoms with Gasteiger partial charge in [-0.3, -0.25) is 9.78 Å². The number of benzene rings is 2. The molecule has 29 heavy (non-hydrogen) atoms. The first kappa shape index (κ1) is 24.6. The standard InChI is InChI=1S/C22H23N3O2.2ClH/c26-21(18-7-3-1-4-8-18)16-24-14-12-17-11-13-23-15-20(17)22(27)25-19-9-5-2-6-10-19;;/h1-11,13,15,21,24,26H,12,14,16H2,(H,25,27);2*1H/t21-;;/m0../s1. The third-order valence-electron chi connectivity index (χ3n) is 4.28. The van der Waals surface area contributed by atoms with E-state index in [1.54, 1.807) is 12.4 Å². The van der Waals surface area contributed by atoms with Gasteiger partial charge in [0.25, 0.3) is 5.91 Å². The van der Waals surface area contributed by atoms with E-state index in [-0.39, 0.29) is 30.7 Å². The fourth-order valence-corrected chi connectivity index (χ4v) is 2.82. The minimum absolute atomic E-state index is 0. The van der Waals surface area contributed by atoms with Crippen LogP contribution >= 0.6 is 24.8 Å². The van der Waals surface area contributed by atoms with Crippen LogP contribution < -0.4 is 10.6 Å². The Morgan fingerprint density at radius 2 is 1.62 bits per heavy atom. The zero-order valence-electron chi connectivity index (χ0n) is 15.8. The summed E-state index contributed by atoms with van der Waals surface area (Å²) in [6, 6.07) is 20.8. The molecule has 0 spiro atoms. The number of anilines is 1. The van der Waals surface area contributed by atoms with Crippen LogP contribution in [-0.2, 0) is 6.42 Å². The van der Waals surface area contributed by atoms with E-state index in [1.165, 1.54) is 0 Å². The lowest BCUT2D eigenvalue weighted by molar-refractivity contribution is 0.102. The number of hydrogen-bond donors (Lipinski definition) is 3. The number of aromatic nitrogens is 1. The maximum absolute atomic E-state index is 12.5. The van der Waals surface area contributed by atoms with Crippen molar-refractivity contribution in [3.63, 3.8) is 0 Å². The second-order valence-corrected chi connectivity index (χ2v) is 6.23. The van der Waals surface area contributed by atoms with Crippen molar-refractivity contribution in [3.05, 3.63) is 95.8 Å². The Kier molecular flexibility index (Phi) is 10.9. The predicted molar refractivity (Wildman–Crippen MR) is 121 cm³/mol. The molecule has 5 nitrogen and oxygen atoms in total. The molecule has 1 heterocycles. The number of halogens is 2. The van der Waals surface area contributed by atoms with E-state index in [4.69, 9.17) is 0 Å². The number of hydrogen-bond acceptors (Lipinski definition) is 4. The Morgan fingerprint density at radius 3 is 2.31 bits per heavy atom. The number of carbonyl (C=O) groups excluding carboxylic acids is 1.